The number of carbonyl (C=O) groups excluding carboxylic acids is 1. The molecule has 0 aromatic heterocycles. The van der Waals surface area contributed by atoms with Gasteiger partial charge in [0, 0.05) is 24.6 Å². The van der Waals surface area contributed by atoms with Gasteiger partial charge in [-0.05, 0) is 44.9 Å². The maximum absolute atomic E-state index is 11.9. The van der Waals surface area contributed by atoms with Crippen LogP contribution in [0, 0.1) is 11.8 Å². The molecule has 2 amide bonds. The molecule has 0 bridgehead atoms. The Labute approximate surface area is 110 Å². The number of ether oxygens (including phenoxy) is 1. The van der Waals surface area contributed by atoms with Crippen molar-refractivity contribution in [2.45, 2.75) is 51.5 Å². The van der Waals surface area contributed by atoms with Crippen molar-refractivity contribution in [2.24, 2.45) is 11.8 Å². The number of carbonyl (C=O) groups is 1. The summed E-state index contributed by atoms with van der Waals surface area (Å²) in [6, 6.07) is -0.0149. The standard InChI is InChI=1S/C14H26N2O2/c1-11-3-6-14(2,7-4-11)16-13(17)15-9-12-5-8-18-10-12/h11-12H,3-10H2,1-2H3,(H2,15,16,17). The van der Waals surface area contributed by atoms with Gasteiger partial charge in [-0.15, -0.1) is 0 Å². The van der Waals surface area contributed by atoms with Crippen LogP contribution in [0.15, 0.2) is 0 Å². The number of hydrogen-bond donors (Lipinski definition) is 2. The third-order valence-corrected chi connectivity index (χ3v) is 4.37. The second-order valence-electron chi connectivity index (χ2n) is 6.31. The van der Waals surface area contributed by atoms with Crippen LogP contribution in [0.1, 0.15) is 46.0 Å². The van der Waals surface area contributed by atoms with Gasteiger partial charge in [-0.1, -0.05) is 6.92 Å². The first-order chi connectivity index (χ1) is 8.57. The van der Waals surface area contributed by atoms with Crippen molar-refractivity contribution in [3.05, 3.63) is 0 Å². The lowest BCUT2D eigenvalue weighted by atomic mass is 9.78. The molecule has 4 heteroatoms. The van der Waals surface area contributed by atoms with Gasteiger partial charge < -0.3 is 15.4 Å². The molecule has 2 N–H and O–H groups in total. The van der Waals surface area contributed by atoms with E-state index < -0.39 is 0 Å². The predicted octanol–water partition coefficient (Wildman–Crippen LogP) is 2.29. The Morgan fingerprint density at radius 3 is 2.67 bits per heavy atom. The predicted molar refractivity (Wildman–Crippen MR) is 71.5 cm³/mol. The normalized spacial score (nSPS) is 36.3. The third-order valence-electron chi connectivity index (χ3n) is 4.37. The van der Waals surface area contributed by atoms with Crippen molar-refractivity contribution in [1.82, 2.24) is 10.6 Å². The molecule has 1 aliphatic heterocycles. The third kappa shape index (κ3) is 3.87. The molecule has 2 fully saturated rings. The van der Waals surface area contributed by atoms with Gasteiger partial charge in [0.2, 0.25) is 0 Å². The first-order valence-corrected chi connectivity index (χ1v) is 7.21. The van der Waals surface area contributed by atoms with Gasteiger partial charge in [0.05, 0.1) is 6.61 Å². The molecule has 1 atom stereocenters. The zero-order valence-electron chi connectivity index (χ0n) is 11.6. The van der Waals surface area contributed by atoms with Gasteiger partial charge in [0.15, 0.2) is 0 Å². The molecule has 0 spiro atoms. The quantitative estimate of drug-likeness (QED) is 0.812. The molecule has 4 nitrogen and oxygen atoms in total. The Balaban J connectivity index is 1.69. The fourth-order valence-corrected chi connectivity index (χ4v) is 2.82. The topological polar surface area (TPSA) is 50.4 Å². The van der Waals surface area contributed by atoms with Crippen LogP contribution in [0.5, 0.6) is 0 Å². The van der Waals surface area contributed by atoms with E-state index in [9.17, 15) is 4.79 Å². The molecule has 1 aliphatic carbocycles. The summed E-state index contributed by atoms with van der Waals surface area (Å²) in [5.74, 6) is 1.30. The molecule has 104 valence electrons. The van der Waals surface area contributed by atoms with E-state index >= 15 is 0 Å². The van der Waals surface area contributed by atoms with Crippen LogP contribution in [-0.4, -0.2) is 31.3 Å². The number of nitrogens with one attached hydrogen (secondary N) is 2. The van der Waals surface area contributed by atoms with E-state index in [-0.39, 0.29) is 11.6 Å². The van der Waals surface area contributed by atoms with Crippen molar-refractivity contribution < 1.29 is 9.53 Å². The van der Waals surface area contributed by atoms with Crippen LogP contribution in [-0.2, 0) is 4.74 Å². The monoisotopic (exact) mass is 254 g/mol. The molecule has 1 saturated heterocycles. The summed E-state index contributed by atoms with van der Waals surface area (Å²) in [6.45, 7) is 6.81. The lowest BCUT2D eigenvalue weighted by molar-refractivity contribution is 0.182. The minimum absolute atomic E-state index is 0.0111. The minimum atomic E-state index is -0.0149. The lowest BCUT2D eigenvalue weighted by Crippen LogP contribution is -2.52. The Bertz CT molecular complexity index is 280. The molecular formula is C14H26N2O2. The maximum Gasteiger partial charge on any atom is 0.315 e. The van der Waals surface area contributed by atoms with E-state index in [2.05, 4.69) is 24.5 Å². The minimum Gasteiger partial charge on any atom is -0.381 e. The van der Waals surface area contributed by atoms with Crippen LogP contribution in [0.4, 0.5) is 4.79 Å². The molecule has 0 aromatic carbocycles. The average molecular weight is 254 g/mol. The smallest absolute Gasteiger partial charge is 0.315 e. The highest BCUT2D eigenvalue weighted by Crippen LogP contribution is 2.31. The van der Waals surface area contributed by atoms with Crippen molar-refractivity contribution in [1.29, 1.82) is 0 Å². The molecule has 0 radical (unpaired) electrons. The van der Waals surface area contributed by atoms with E-state index in [4.69, 9.17) is 4.74 Å². The first-order valence-electron chi connectivity index (χ1n) is 7.21. The molecule has 18 heavy (non-hydrogen) atoms. The van der Waals surface area contributed by atoms with Crippen LogP contribution in [0.2, 0.25) is 0 Å². The van der Waals surface area contributed by atoms with E-state index in [1.807, 2.05) is 0 Å². The summed E-state index contributed by atoms with van der Waals surface area (Å²) >= 11 is 0. The molecule has 0 aromatic rings. The summed E-state index contributed by atoms with van der Waals surface area (Å²) in [5.41, 5.74) is -0.0111. The zero-order valence-corrected chi connectivity index (χ0v) is 11.6. The molecule has 1 unspecified atom stereocenters. The first kappa shape index (κ1) is 13.7. The Hall–Kier alpha value is -0.770. The SMILES string of the molecule is CC1CCC(C)(NC(=O)NCC2CCOC2)CC1. The lowest BCUT2D eigenvalue weighted by Gasteiger charge is -2.37. The van der Waals surface area contributed by atoms with Crippen molar-refractivity contribution in [3.8, 4) is 0 Å². The van der Waals surface area contributed by atoms with Crippen molar-refractivity contribution >= 4 is 6.03 Å². The molecule has 2 aliphatic rings. The Kier molecular flexibility index (Phi) is 4.49. The van der Waals surface area contributed by atoms with Gasteiger partial charge in [0.1, 0.15) is 0 Å². The highest BCUT2D eigenvalue weighted by atomic mass is 16.5. The fourth-order valence-electron chi connectivity index (χ4n) is 2.82. The summed E-state index contributed by atoms with van der Waals surface area (Å²) in [4.78, 5) is 11.9. The van der Waals surface area contributed by atoms with Crippen LogP contribution < -0.4 is 10.6 Å². The molecule has 1 saturated carbocycles. The van der Waals surface area contributed by atoms with Gasteiger partial charge in [-0.2, -0.15) is 0 Å². The van der Waals surface area contributed by atoms with E-state index in [0.29, 0.717) is 5.92 Å². The van der Waals surface area contributed by atoms with Gasteiger partial charge in [0.25, 0.3) is 0 Å². The number of rotatable bonds is 3. The van der Waals surface area contributed by atoms with Gasteiger partial charge >= 0.3 is 6.03 Å². The number of hydrogen-bond acceptors (Lipinski definition) is 2. The number of urea groups is 1. The van der Waals surface area contributed by atoms with E-state index in [0.717, 1.165) is 44.9 Å². The largest absolute Gasteiger partial charge is 0.381 e. The number of amides is 2. The summed E-state index contributed by atoms with van der Waals surface area (Å²) in [6.07, 6.45) is 5.68. The summed E-state index contributed by atoms with van der Waals surface area (Å²) in [7, 11) is 0. The second kappa shape index (κ2) is 5.91. The van der Waals surface area contributed by atoms with Gasteiger partial charge in [-0.25, -0.2) is 4.79 Å². The van der Waals surface area contributed by atoms with Crippen LogP contribution in [0.3, 0.4) is 0 Å². The Morgan fingerprint density at radius 2 is 2.06 bits per heavy atom. The molecular weight excluding hydrogens is 228 g/mol. The van der Waals surface area contributed by atoms with E-state index in [1.165, 1.54) is 12.8 Å². The van der Waals surface area contributed by atoms with Crippen LogP contribution in [0.25, 0.3) is 0 Å². The highest BCUT2D eigenvalue weighted by molar-refractivity contribution is 5.74. The van der Waals surface area contributed by atoms with Crippen molar-refractivity contribution in [2.75, 3.05) is 19.8 Å². The average Bonchev–Trinajstić information content (AvgIpc) is 2.84. The molecule has 2 rings (SSSR count). The van der Waals surface area contributed by atoms with E-state index in [1.54, 1.807) is 0 Å². The Morgan fingerprint density at radius 1 is 1.33 bits per heavy atom. The second-order valence-corrected chi connectivity index (χ2v) is 6.31. The van der Waals surface area contributed by atoms with Gasteiger partial charge in [-0.3, -0.25) is 0 Å². The summed E-state index contributed by atoms with van der Waals surface area (Å²) in [5, 5.41) is 6.13. The highest BCUT2D eigenvalue weighted by Gasteiger charge is 2.31. The zero-order chi connectivity index (χ0) is 13.0. The maximum atomic E-state index is 11.9. The summed E-state index contributed by atoms with van der Waals surface area (Å²) < 4.78 is 5.30. The van der Waals surface area contributed by atoms with Crippen LogP contribution >= 0.6 is 0 Å². The fraction of sp³-hybridized carbons (Fsp3) is 0.929. The molecule has 1 heterocycles. The van der Waals surface area contributed by atoms with Crippen molar-refractivity contribution in [3.63, 3.8) is 0 Å².